The van der Waals surface area contributed by atoms with Crippen molar-refractivity contribution in [3.63, 3.8) is 0 Å². The SMILES string of the molecule is COc1ccc(CNCN2CC(NC(C)=O)[C@@H](O)[C@@H](O)C2CO)cc1. The molecule has 0 aromatic heterocycles. The Morgan fingerprint density at radius 3 is 2.52 bits per heavy atom. The highest BCUT2D eigenvalue weighted by atomic mass is 16.5. The molecule has 1 heterocycles. The van der Waals surface area contributed by atoms with Gasteiger partial charge in [0.15, 0.2) is 0 Å². The van der Waals surface area contributed by atoms with Crippen LogP contribution in [0, 0.1) is 0 Å². The first kappa shape index (κ1) is 19.6. The fourth-order valence-electron chi connectivity index (χ4n) is 3.06. The van der Waals surface area contributed by atoms with Crippen molar-refractivity contribution in [2.75, 3.05) is 26.9 Å². The lowest BCUT2D eigenvalue weighted by Gasteiger charge is -2.44. The minimum atomic E-state index is -1.14. The van der Waals surface area contributed by atoms with E-state index >= 15 is 0 Å². The van der Waals surface area contributed by atoms with E-state index in [1.165, 1.54) is 6.92 Å². The minimum Gasteiger partial charge on any atom is -0.497 e. The zero-order valence-corrected chi connectivity index (χ0v) is 14.6. The number of amides is 1. The van der Waals surface area contributed by atoms with Crippen molar-refractivity contribution >= 4 is 5.91 Å². The fourth-order valence-corrected chi connectivity index (χ4v) is 3.06. The second-order valence-electron chi connectivity index (χ2n) is 6.24. The highest BCUT2D eigenvalue weighted by molar-refractivity contribution is 5.73. The van der Waals surface area contributed by atoms with Gasteiger partial charge in [-0.1, -0.05) is 12.1 Å². The van der Waals surface area contributed by atoms with Crippen LogP contribution >= 0.6 is 0 Å². The monoisotopic (exact) mass is 353 g/mol. The zero-order valence-electron chi connectivity index (χ0n) is 14.6. The molecule has 1 aromatic carbocycles. The van der Waals surface area contributed by atoms with Gasteiger partial charge in [-0.05, 0) is 17.7 Å². The Morgan fingerprint density at radius 2 is 1.96 bits per heavy atom. The third-order valence-electron chi connectivity index (χ3n) is 4.44. The predicted molar refractivity (Wildman–Crippen MR) is 91.9 cm³/mol. The number of methoxy groups -OCH3 is 1. The smallest absolute Gasteiger partial charge is 0.217 e. The molecule has 2 unspecified atom stereocenters. The molecule has 25 heavy (non-hydrogen) atoms. The molecule has 1 amide bonds. The lowest BCUT2D eigenvalue weighted by molar-refractivity contribution is -0.129. The summed E-state index contributed by atoms with van der Waals surface area (Å²) in [6, 6.07) is 6.47. The summed E-state index contributed by atoms with van der Waals surface area (Å²) in [6.07, 6.45) is -2.25. The van der Waals surface area contributed by atoms with Crippen molar-refractivity contribution in [3.05, 3.63) is 29.8 Å². The molecule has 8 nitrogen and oxygen atoms in total. The molecule has 1 aliphatic heterocycles. The van der Waals surface area contributed by atoms with Crippen molar-refractivity contribution in [3.8, 4) is 5.75 Å². The molecule has 0 spiro atoms. The first-order valence-electron chi connectivity index (χ1n) is 8.28. The number of hydrogen-bond acceptors (Lipinski definition) is 7. The standard InChI is InChI=1S/C17H27N3O5/c1-11(22)19-14-8-20(15(9-21)17(24)16(14)23)10-18-7-12-3-5-13(25-2)6-4-12/h3-6,14-18,21,23-24H,7-10H2,1-2H3,(H,19,22)/t14?,15?,16-,17+/m1/s1. The second-order valence-corrected chi connectivity index (χ2v) is 6.24. The number of aliphatic hydroxyl groups excluding tert-OH is 3. The number of ether oxygens (including phenoxy) is 1. The molecule has 2 rings (SSSR count). The van der Waals surface area contributed by atoms with E-state index in [-0.39, 0.29) is 12.5 Å². The van der Waals surface area contributed by atoms with Crippen molar-refractivity contribution < 1.29 is 24.9 Å². The van der Waals surface area contributed by atoms with E-state index in [1.54, 1.807) is 7.11 Å². The second kappa shape index (κ2) is 9.12. The average molecular weight is 353 g/mol. The third-order valence-corrected chi connectivity index (χ3v) is 4.44. The maximum atomic E-state index is 11.3. The normalized spacial score (nSPS) is 27.1. The van der Waals surface area contributed by atoms with Crippen LogP contribution in [0.4, 0.5) is 0 Å². The van der Waals surface area contributed by atoms with Crippen LogP contribution in [0.15, 0.2) is 24.3 Å². The van der Waals surface area contributed by atoms with Crippen molar-refractivity contribution in [1.29, 1.82) is 0 Å². The topological polar surface area (TPSA) is 114 Å². The predicted octanol–water partition coefficient (Wildman–Crippen LogP) is -1.35. The van der Waals surface area contributed by atoms with Gasteiger partial charge >= 0.3 is 0 Å². The summed E-state index contributed by atoms with van der Waals surface area (Å²) < 4.78 is 5.12. The van der Waals surface area contributed by atoms with E-state index in [9.17, 15) is 20.1 Å². The molecule has 1 fully saturated rings. The van der Waals surface area contributed by atoms with Crippen LogP contribution in [0.5, 0.6) is 5.75 Å². The van der Waals surface area contributed by atoms with Crippen LogP contribution in [0.2, 0.25) is 0 Å². The Labute approximate surface area is 147 Å². The third kappa shape index (κ3) is 5.13. The number of likely N-dealkylation sites (tertiary alicyclic amines) is 1. The number of aliphatic hydroxyl groups is 3. The Balaban J connectivity index is 1.93. The average Bonchev–Trinajstić information content (AvgIpc) is 2.60. The fraction of sp³-hybridized carbons (Fsp3) is 0.588. The van der Waals surface area contributed by atoms with Crippen LogP contribution in [0.25, 0.3) is 0 Å². The van der Waals surface area contributed by atoms with Gasteiger partial charge in [0.1, 0.15) is 11.9 Å². The Kier molecular flexibility index (Phi) is 7.15. The van der Waals surface area contributed by atoms with E-state index in [2.05, 4.69) is 10.6 Å². The van der Waals surface area contributed by atoms with Gasteiger partial charge in [-0.15, -0.1) is 0 Å². The molecule has 5 N–H and O–H groups in total. The molecule has 1 aliphatic rings. The molecule has 0 aliphatic carbocycles. The zero-order chi connectivity index (χ0) is 18.4. The van der Waals surface area contributed by atoms with Gasteiger partial charge in [0, 0.05) is 26.7 Å². The molecular weight excluding hydrogens is 326 g/mol. The lowest BCUT2D eigenvalue weighted by atomic mass is 9.92. The van der Waals surface area contributed by atoms with E-state index < -0.39 is 24.3 Å². The maximum Gasteiger partial charge on any atom is 0.217 e. The molecular formula is C17H27N3O5. The summed E-state index contributed by atoms with van der Waals surface area (Å²) >= 11 is 0. The number of nitrogens with zero attached hydrogens (tertiary/aromatic N) is 1. The van der Waals surface area contributed by atoms with Crippen LogP contribution in [-0.2, 0) is 11.3 Å². The Bertz CT molecular complexity index is 554. The van der Waals surface area contributed by atoms with Crippen LogP contribution < -0.4 is 15.4 Å². The number of nitrogens with one attached hydrogen (secondary N) is 2. The van der Waals surface area contributed by atoms with E-state index in [0.29, 0.717) is 19.8 Å². The van der Waals surface area contributed by atoms with Crippen LogP contribution in [0.3, 0.4) is 0 Å². The van der Waals surface area contributed by atoms with Crippen molar-refractivity contribution in [1.82, 2.24) is 15.5 Å². The quantitative estimate of drug-likeness (QED) is 0.412. The maximum absolute atomic E-state index is 11.3. The Hall–Kier alpha value is -1.71. The molecule has 1 saturated heterocycles. The van der Waals surface area contributed by atoms with Gasteiger partial charge in [0.25, 0.3) is 0 Å². The van der Waals surface area contributed by atoms with Gasteiger partial charge in [-0.25, -0.2) is 0 Å². The summed E-state index contributed by atoms with van der Waals surface area (Å²) in [7, 11) is 1.61. The van der Waals surface area contributed by atoms with Gasteiger partial charge in [-0.2, -0.15) is 0 Å². The molecule has 140 valence electrons. The molecule has 0 radical (unpaired) electrons. The van der Waals surface area contributed by atoms with E-state index in [4.69, 9.17) is 4.74 Å². The van der Waals surface area contributed by atoms with Gasteiger partial charge in [0.2, 0.25) is 5.91 Å². The summed E-state index contributed by atoms with van der Waals surface area (Å²) in [6.45, 7) is 2.41. The summed E-state index contributed by atoms with van der Waals surface area (Å²) in [5, 5.41) is 35.8. The first-order chi connectivity index (χ1) is 12.0. The minimum absolute atomic E-state index is 0.273. The van der Waals surface area contributed by atoms with Gasteiger partial charge in [0.05, 0.1) is 31.9 Å². The van der Waals surface area contributed by atoms with Crippen molar-refractivity contribution in [2.45, 2.75) is 37.8 Å². The molecule has 1 aromatic rings. The van der Waals surface area contributed by atoms with E-state index in [1.807, 2.05) is 29.2 Å². The number of carbonyl (C=O) groups excluding carboxylic acids is 1. The number of hydrogen-bond donors (Lipinski definition) is 5. The highest BCUT2D eigenvalue weighted by Gasteiger charge is 2.41. The molecule has 8 heteroatoms. The molecule has 4 atom stereocenters. The number of piperidine rings is 1. The van der Waals surface area contributed by atoms with Gasteiger partial charge in [-0.3, -0.25) is 9.69 Å². The lowest BCUT2D eigenvalue weighted by Crippen LogP contribution is -2.67. The summed E-state index contributed by atoms with van der Waals surface area (Å²) in [5.41, 5.74) is 1.07. The Morgan fingerprint density at radius 1 is 1.28 bits per heavy atom. The van der Waals surface area contributed by atoms with Gasteiger partial charge < -0.3 is 30.7 Å². The largest absolute Gasteiger partial charge is 0.497 e. The highest BCUT2D eigenvalue weighted by Crippen LogP contribution is 2.18. The molecule has 0 bridgehead atoms. The van der Waals surface area contributed by atoms with Crippen LogP contribution in [-0.4, -0.2) is 77.3 Å². The summed E-state index contributed by atoms with van der Waals surface area (Å²) in [5.74, 6) is 0.514. The number of carbonyl (C=O) groups is 1. The first-order valence-corrected chi connectivity index (χ1v) is 8.28. The summed E-state index contributed by atoms with van der Waals surface area (Å²) in [4.78, 5) is 13.1. The number of rotatable bonds is 7. The van der Waals surface area contributed by atoms with Crippen molar-refractivity contribution in [2.24, 2.45) is 0 Å². The van der Waals surface area contributed by atoms with Crippen LogP contribution in [0.1, 0.15) is 12.5 Å². The van der Waals surface area contributed by atoms with E-state index in [0.717, 1.165) is 11.3 Å². The molecule has 0 saturated carbocycles. The number of benzene rings is 1.